The lowest BCUT2D eigenvalue weighted by Crippen LogP contribution is -2.36. The number of nitrogens with one attached hydrogen (secondary N) is 2. The third kappa shape index (κ3) is 3.00. The van der Waals surface area contributed by atoms with Crippen molar-refractivity contribution < 1.29 is 9.18 Å². The number of aromatic amines is 1. The molecule has 0 aliphatic rings. The minimum Gasteiger partial charge on any atom is -0.361 e. The Kier molecular flexibility index (Phi) is 4.12. The van der Waals surface area contributed by atoms with Gasteiger partial charge in [0.2, 0.25) is 5.91 Å². The molecule has 1 heterocycles. The Bertz CT molecular complexity index is 616. The number of carbonyl (C=O) groups excluding carboxylic acids is 1. The zero-order chi connectivity index (χ0) is 14.8. The predicted octanol–water partition coefficient (Wildman–Crippen LogP) is 3.50. The molecule has 0 radical (unpaired) electrons. The first kappa shape index (κ1) is 14.6. The monoisotopic (exact) mass is 276 g/mol. The molecule has 0 saturated carbocycles. The third-order valence-electron chi connectivity index (χ3n) is 3.58. The van der Waals surface area contributed by atoms with E-state index in [0.29, 0.717) is 13.0 Å². The molecule has 0 fully saturated rings. The Labute approximate surface area is 118 Å². The lowest BCUT2D eigenvalue weighted by Gasteiger charge is -2.25. The van der Waals surface area contributed by atoms with Crippen LogP contribution < -0.4 is 5.32 Å². The summed E-state index contributed by atoms with van der Waals surface area (Å²) in [5, 5.41) is 3.82. The fourth-order valence-electron chi connectivity index (χ4n) is 2.38. The van der Waals surface area contributed by atoms with Gasteiger partial charge in [0.15, 0.2) is 0 Å². The molecule has 0 aliphatic heterocycles. The minimum absolute atomic E-state index is 0.0617. The molecule has 0 saturated heterocycles. The summed E-state index contributed by atoms with van der Waals surface area (Å²) in [4.78, 5) is 14.8. The second-order valence-corrected chi connectivity index (χ2v) is 5.80. The van der Waals surface area contributed by atoms with Crippen molar-refractivity contribution in [2.75, 3.05) is 6.54 Å². The van der Waals surface area contributed by atoms with E-state index in [1.807, 2.05) is 27.0 Å². The summed E-state index contributed by atoms with van der Waals surface area (Å²) in [6.45, 7) is 6.61. The molecule has 2 aromatic rings. The molecule has 4 heteroatoms. The number of hydrogen-bond donors (Lipinski definition) is 2. The highest BCUT2D eigenvalue weighted by Gasteiger charge is 2.24. The van der Waals surface area contributed by atoms with Gasteiger partial charge in [-0.2, -0.15) is 0 Å². The van der Waals surface area contributed by atoms with Crippen molar-refractivity contribution in [3.8, 4) is 0 Å². The van der Waals surface area contributed by atoms with Gasteiger partial charge in [-0.1, -0.05) is 20.8 Å². The van der Waals surface area contributed by atoms with Gasteiger partial charge in [-0.3, -0.25) is 4.79 Å². The van der Waals surface area contributed by atoms with Crippen LogP contribution in [-0.2, 0) is 10.2 Å². The third-order valence-corrected chi connectivity index (χ3v) is 3.58. The van der Waals surface area contributed by atoms with Gasteiger partial charge < -0.3 is 10.3 Å². The number of amides is 1. The maximum absolute atomic E-state index is 13.4. The zero-order valence-electron chi connectivity index (χ0n) is 12.2. The number of hydrogen-bond acceptors (Lipinski definition) is 1. The van der Waals surface area contributed by atoms with E-state index in [1.54, 1.807) is 6.07 Å². The van der Waals surface area contributed by atoms with Crippen LogP contribution in [0.1, 0.15) is 39.2 Å². The second kappa shape index (κ2) is 5.65. The molecule has 20 heavy (non-hydrogen) atoms. The van der Waals surface area contributed by atoms with Gasteiger partial charge in [-0.25, -0.2) is 4.39 Å². The number of carbonyl (C=O) groups is 1. The topological polar surface area (TPSA) is 44.9 Å². The molecule has 0 unspecified atom stereocenters. The largest absolute Gasteiger partial charge is 0.361 e. The summed E-state index contributed by atoms with van der Waals surface area (Å²) in [6.07, 6.45) is 3.28. The Morgan fingerprint density at radius 3 is 2.85 bits per heavy atom. The lowest BCUT2D eigenvalue weighted by molar-refractivity contribution is -0.121. The Balaban J connectivity index is 2.22. The summed E-state index contributed by atoms with van der Waals surface area (Å²) in [6, 6.07) is 4.72. The average molecular weight is 276 g/mol. The Morgan fingerprint density at radius 2 is 2.15 bits per heavy atom. The van der Waals surface area contributed by atoms with Gasteiger partial charge in [-0.05, 0) is 30.2 Å². The van der Waals surface area contributed by atoms with Crippen molar-refractivity contribution >= 4 is 16.8 Å². The fraction of sp³-hybridized carbons (Fsp3) is 0.438. The lowest BCUT2D eigenvalue weighted by atomic mass is 9.84. The maximum Gasteiger partial charge on any atom is 0.220 e. The quantitative estimate of drug-likeness (QED) is 0.862. The van der Waals surface area contributed by atoms with E-state index < -0.39 is 0 Å². The summed E-state index contributed by atoms with van der Waals surface area (Å²) < 4.78 is 13.4. The van der Waals surface area contributed by atoms with Crippen LogP contribution in [0.3, 0.4) is 0 Å². The van der Waals surface area contributed by atoms with Crippen LogP contribution in [0.5, 0.6) is 0 Å². The molecule has 1 amide bonds. The van der Waals surface area contributed by atoms with E-state index >= 15 is 0 Å². The molecule has 0 atom stereocenters. The van der Waals surface area contributed by atoms with Crippen molar-refractivity contribution in [1.29, 1.82) is 0 Å². The number of fused-ring (bicyclic) bond motifs is 1. The molecule has 0 aliphatic carbocycles. The van der Waals surface area contributed by atoms with Crippen LogP contribution >= 0.6 is 0 Å². The van der Waals surface area contributed by atoms with Crippen LogP contribution in [0.25, 0.3) is 10.9 Å². The predicted molar refractivity (Wildman–Crippen MR) is 79.2 cm³/mol. The number of benzene rings is 1. The molecular weight excluding hydrogens is 255 g/mol. The first-order valence-electron chi connectivity index (χ1n) is 6.98. The first-order valence-corrected chi connectivity index (χ1v) is 6.98. The maximum atomic E-state index is 13.4. The first-order chi connectivity index (χ1) is 9.44. The molecule has 2 N–H and O–H groups in total. The van der Waals surface area contributed by atoms with Gasteiger partial charge in [0, 0.05) is 35.5 Å². The normalized spacial score (nSPS) is 11.8. The van der Waals surface area contributed by atoms with E-state index in [0.717, 1.165) is 22.9 Å². The van der Waals surface area contributed by atoms with E-state index in [-0.39, 0.29) is 17.1 Å². The Hall–Kier alpha value is -1.84. The number of aromatic nitrogens is 1. The SMILES string of the molecule is CCCC(=O)NCC(C)(C)c1c[nH]c2ccc(F)cc12. The van der Waals surface area contributed by atoms with E-state index in [2.05, 4.69) is 10.3 Å². The highest BCUT2D eigenvalue weighted by Crippen LogP contribution is 2.30. The van der Waals surface area contributed by atoms with Crippen LogP contribution in [0.15, 0.2) is 24.4 Å². The second-order valence-electron chi connectivity index (χ2n) is 5.80. The molecule has 1 aromatic carbocycles. The van der Waals surface area contributed by atoms with Gasteiger partial charge in [0.05, 0.1) is 0 Å². The van der Waals surface area contributed by atoms with Gasteiger partial charge in [0.25, 0.3) is 0 Å². The van der Waals surface area contributed by atoms with E-state index in [4.69, 9.17) is 0 Å². The summed E-state index contributed by atoms with van der Waals surface area (Å²) in [7, 11) is 0. The van der Waals surface area contributed by atoms with E-state index in [1.165, 1.54) is 12.1 Å². The van der Waals surface area contributed by atoms with Gasteiger partial charge in [0.1, 0.15) is 5.82 Å². The smallest absolute Gasteiger partial charge is 0.220 e. The average Bonchev–Trinajstić information content (AvgIpc) is 2.80. The summed E-state index contributed by atoms with van der Waals surface area (Å²) >= 11 is 0. The standard InChI is InChI=1S/C16H21FN2O/c1-4-5-15(20)19-10-16(2,3)13-9-18-14-7-6-11(17)8-12(13)14/h6-9,18H,4-5,10H2,1-3H3,(H,19,20). The molecule has 2 rings (SSSR count). The van der Waals surface area contributed by atoms with Crippen molar-refractivity contribution in [2.45, 2.75) is 39.0 Å². The number of H-pyrrole nitrogens is 1. The van der Waals surface area contributed by atoms with Crippen LogP contribution in [0.4, 0.5) is 4.39 Å². The van der Waals surface area contributed by atoms with Crippen molar-refractivity contribution in [1.82, 2.24) is 10.3 Å². The minimum atomic E-state index is -0.255. The zero-order valence-corrected chi connectivity index (χ0v) is 12.2. The molecule has 0 bridgehead atoms. The molecule has 1 aromatic heterocycles. The van der Waals surface area contributed by atoms with Crippen LogP contribution in [0.2, 0.25) is 0 Å². The Morgan fingerprint density at radius 1 is 1.40 bits per heavy atom. The van der Waals surface area contributed by atoms with Crippen LogP contribution in [0, 0.1) is 5.82 Å². The van der Waals surface area contributed by atoms with Crippen molar-refractivity contribution in [2.24, 2.45) is 0 Å². The fourth-order valence-corrected chi connectivity index (χ4v) is 2.38. The van der Waals surface area contributed by atoms with Crippen molar-refractivity contribution in [3.63, 3.8) is 0 Å². The summed E-state index contributed by atoms with van der Waals surface area (Å²) in [5.41, 5.74) is 1.67. The molecule has 0 spiro atoms. The molecule has 108 valence electrons. The van der Waals surface area contributed by atoms with Crippen LogP contribution in [-0.4, -0.2) is 17.4 Å². The van der Waals surface area contributed by atoms with E-state index in [9.17, 15) is 9.18 Å². The van der Waals surface area contributed by atoms with Gasteiger partial charge >= 0.3 is 0 Å². The van der Waals surface area contributed by atoms with Gasteiger partial charge in [-0.15, -0.1) is 0 Å². The highest BCUT2D eigenvalue weighted by atomic mass is 19.1. The van der Waals surface area contributed by atoms with Crippen molar-refractivity contribution in [3.05, 3.63) is 35.8 Å². The summed E-state index contributed by atoms with van der Waals surface area (Å²) in [5.74, 6) is -0.184. The highest BCUT2D eigenvalue weighted by molar-refractivity contribution is 5.84. The molecular formula is C16H21FN2O. The molecule has 3 nitrogen and oxygen atoms in total. The number of halogens is 1. The number of rotatable bonds is 5.